The van der Waals surface area contributed by atoms with Crippen molar-refractivity contribution in [3.63, 3.8) is 0 Å². The molecule has 0 fully saturated rings. The molecule has 88 valence electrons. The van der Waals surface area contributed by atoms with E-state index in [0.717, 1.165) is 16.3 Å². The van der Waals surface area contributed by atoms with Crippen molar-refractivity contribution in [2.75, 3.05) is 5.73 Å². The topological polar surface area (TPSA) is 80.9 Å². The number of H-pyrrole nitrogens is 1. The highest BCUT2D eigenvalue weighted by molar-refractivity contribution is 5.40. The zero-order valence-electron chi connectivity index (χ0n) is 8.81. The van der Waals surface area contributed by atoms with Crippen LogP contribution in [0.4, 0.5) is 10.1 Å². The summed E-state index contributed by atoms with van der Waals surface area (Å²) in [5, 5.41) is 0. The molecule has 17 heavy (non-hydrogen) atoms. The number of nitrogens with two attached hydrogens (primary N) is 1. The van der Waals surface area contributed by atoms with Gasteiger partial charge in [0.1, 0.15) is 0 Å². The second-order valence-electron chi connectivity index (χ2n) is 3.61. The Morgan fingerprint density at radius 1 is 1.35 bits per heavy atom. The first-order valence-electron chi connectivity index (χ1n) is 4.90. The minimum absolute atomic E-state index is 0.150. The quantitative estimate of drug-likeness (QED) is 0.735. The van der Waals surface area contributed by atoms with Crippen molar-refractivity contribution in [3.8, 4) is 0 Å². The Bertz CT molecular complexity index is 660. The van der Waals surface area contributed by atoms with E-state index in [-0.39, 0.29) is 6.54 Å². The Kier molecular flexibility index (Phi) is 2.78. The lowest BCUT2D eigenvalue weighted by atomic mass is 10.2. The lowest BCUT2D eigenvalue weighted by Gasteiger charge is -2.05. The fourth-order valence-electron chi connectivity index (χ4n) is 1.49. The second-order valence-corrected chi connectivity index (χ2v) is 3.61. The van der Waals surface area contributed by atoms with Crippen LogP contribution in [0.5, 0.6) is 0 Å². The van der Waals surface area contributed by atoms with Crippen LogP contribution >= 0.6 is 0 Å². The van der Waals surface area contributed by atoms with Gasteiger partial charge in [-0.15, -0.1) is 0 Å². The molecule has 0 saturated heterocycles. The molecule has 1 heterocycles. The number of aromatic nitrogens is 2. The Hall–Kier alpha value is -2.37. The lowest BCUT2D eigenvalue weighted by Crippen LogP contribution is -2.31. The molecule has 0 saturated carbocycles. The van der Waals surface area contributed by atoms with Gasteiger partial charge in [0, 0.05) is 5.69 Å². The highest BCUT2D eigenvalue weighted by Gasteiger charge is 2.04. The Balaban J connectivity index is 2.40. The molecule has 0 aliphatic heterocycles. The standard InChI is InChI=1S/C11H10FN3O2/c12-9-6-15(11(17)14-10(9)16)5-7-2-1-3-8(13)4-7/h1-4,6H,5,13H2,(H,14,16,17). The van der Waals surface area contributed by atoms with Crippen molar-refractivity contribution < 1.29 is 4.39 Å². The summed E-state index contributed by atoms with van der Waals surface area (Å²) in [5.74, 6) is -0.992. The molecule has 1 aromatic heterocycles. The zero-order valence-corrected chi connectivity index (χ0v) is 8.81. The molecule has 2 rings (SSSR count). The summed E-state index contributed by atoms with van der Waals surface area (Å²) in [7, 11) is 0. The molecule has 5 nitrogen and oxygen atoms in total. The monoisotopic (exact) mass is 235 g/mol. The van der Waals surface area contributed by atoms with Gasteiger partial charge < -0.3 is 5.73 Å². The number of nitrogen functional groups attached to an aromatic ring is 1. The summed E-state index contributed by atoms with van der Waals surface area (Å²) < 4.78 is 14.1. The molecule has 2 aromatic rings. The number of aromatic amines is 1. The van der Waals surface area contributed by atoms with Gasteiger partial charge in [0.15, 0.2) is 0 Å². The van der Waals surface area contributed by atoms with Gasteiger partial charge in [-0.05, 0) is 17.7 Å². The van der Waals surface area contributed by atoms with Crippen molar-refractivity contribution in [2.24, 2.45) is 0 Å². The van der Waals surface area contributed by atoms with Gasteiger partial charge >= 0.3 is 5.69 Å². The first-order valence-corrected chi connectivity index (χ1v) is 4.90. The molecule has 0 aliphatic carbocycles. The number of nitrogens with zero attached hydrogens (tertiary/aromatic N) is 1. The van der Waals surface area contributed by atoms with Crippen molar-refractivity contribution in [1.82, 2.24) is 9.55 Å². The largest absolute Gasteiger partial charge is 0.399 e. The Labute approximate surface area is 95.3 Å². The van der Waals surface area contributed by atoms with Crippen LogP contribution in [0.25, 0.3) is 0 Å². The number of rotatable bonds is 2. The summed E-state index contributed by atoms with van der Waals surface area (Å²) in [6.07, 6.45) is 0.879. The van der Waals surface area contributed by atoms with E-state index in [2.05, 4.69) is 0 Å². The molecule has 0 unspecified atom stereocenters. The minimum atomic E-state index is -1.01. The second kappa shape index (κ2) is 4.25. The van der Waals surface area contributed by atoms with E-state index < -0.39 is 17.1 Å². The SMILES string of the molecule is Nc1cccc(Cn2cc(F)c(=O)[nH]c2=O)c1. The maximum absolute atomic E-state index is 13.0. The summed E-state index contributed by atoms with van der Waals surface area (Å²) >= 11 is 0. The molecule has 0 bridgehead atoms. The van der Waals surface area contributed by atoms with Crippen LogP contribution in [0, 0.1) is 5.82 Å². The fourth-order valence-corrected chi connectivity index (χ4v) is 1.49. The van der Waals surface area contributed by atoms with Crippen molar-refractivity contribution in [3.05, 3.63) is 62.7 Å². The van der Waals surface area contributed by atoms with Crippen LogP contribution in [-0.2, 0) is 6.54 Å². The van der Waals surface area contributed by atoms with Crippen LogP contribution in [0.3, 0.4) is 0 Å². The van der Waals surface area contributed by atoms with Crippen molar-refractivity contribution in [1.29, 1.82) is 0 Å². The smallest absolute Gasteiger partial charge is 0.328 e. The highest BCUT2D eigenvalue weighted by Crippen LogP contribution is 2.07. The molecule has 0 aliphatic rings. The molecule has 3 N–H and O–H groups in total. The lowest BCUT2D eigenvalue weighted by molar-refractivity contribution is 0.566. The maximum Gasteiger partial charge on any atom is 0.328 e. The predicted octanol–water partition coefficient (Wildman–Crippen LogP) is 0.306. The normalized spacial score (nSPS) is 10.4. The molecule has 1 aromatic carbocycles. The molecular weight excluding hydrogens is 225 g/mol. The Morgan fingerprint density at radius 2 is 2.12 bits per heavy atom. The third-order valence-corrected chi connectivity index (χ3v) is 2.27. The summed E-state index contributed by atoms with van der Waals surface area (Å²) in [6.45, 7) is 0.150. The number of benzene rings is 1. The van der Waals surface area contributed by atoms with Gasteiger partial charge in [-0.25, -0.2) is 4.79 Å². The van der Waals surface area contributed by atoms with Gasteiger partial charge in [0.2, 0.25) is 5.82 Å². The third kappa shape index (κ3) is 2.41. The average Bonchev–Trinajstić information content (AvgIpc) is 2.26. The van der Waals surface area contributed by atoms with Crippen LogP contribution in [0.2, 0.25) is 0 Å². The van der Waals surface area contributed by atoms with Gasteiger partial charge in [-0.1, -0.05) is 12.1 Å². The number of anilines is 1. The number of hydrogen-bond donors (Lipinski definition) is 2. The Morgan fingerprint density at radius 3 is 2.82 bits per heavy atom. The van der Waals surface area contributed by atoms with Gasteiger partial charge in [-0.2, -0.15) is 4.39 Å². The van der Waals surface area contributed by atoms with E-state index in [1.54, 1.807) is 24.3 Å². The molecular formula is C11H10FN3O2. The van der Waals surface area contributed by atoms with Crippen LogP contribution in [-0.4, -0.2) is 9.55 Å². The first-order chi connectivity index (χ1) is 8.06. The van der Waals surface area contributed by atoms with E-state index >= 15 is 0 Å². The third-order valence-electron chi connectivity index (χ3n) is 2.27. The van der Waals surface area contributed by atoms with Crippen LogP contribution < -0.4 is 17.0 Å². The van der Waals surface area contributed by atoms with E-state index in [4.69, 9.17) is 5.73 Å². The van der Waals surface area contributed by atoms with Crippen LogP contribution in [0.15, 0.2) is 40.1 Å². The van der Waals surface area contributed by atoms with E-state index in [1.807, 2.05) is 4.98 Å². The summed E-state index contributed by atoms with van der Waals surface area (Å²) in [6, 6.07) is 6.87. The van der Waals surface area contributed by atoms with Gasteiger partial charge in [-0.3, -0.25) is 14.3 Å². The predicted molar refractivity (Wildman–Crippen MR) is 61.2 cm³/mol. The number of nitrogens with one attached hydrogen (secondary N) is 1. The average molecular weight is 235 g/mol. The molecule has 0 atom stereocenters. The van der Waals surface area contributed by atoms with Crippen molar-refractivity contribution in [2.45, 2.75) is 6.54 Å². The number of halogens is 1. The molecule has 0 radical (unpaired) electrons. The van der Waals surface area contributed by atoms with Crippen molar-refractivity contribution >= 4 is 5.69 Å². The van der Waals surface area contributed by atoms with Crippen LogP contribution in [0.1, 0.15) is 5.56 Å². The highest BCUT2D eigenvalue weighted by atomic mass is 19.1. The minimum Gasteiger partial charge on any atom is -0.399 e. The molecule has 0 spiro atoms. The van der Waals surface area contributed by atoms with E-state index in [0.29, 0.717) is 5.69 Å². The molecule has 0 amide bonds. The van der Waals surface area contributed by atoms with Gasteiger partial charge in [0.05, 0.1) is 12.7 Å². The van der Waals surface area contributed by atoms with E-state index in [9.17, 15) is 14.0 Å². The maximum atomic E-state index is 13.0. The number of hydrogen-bond acceptors (Lipinski definition) is 3. The zero-order chi connectivity index (χ0) is 12.4. The summed E-state index contributed by atoms with van der Waals surface area (Å²) in [5.41, 5.74) is 5.22. The van der Waals surface area contributed by atoms with Gasteiger partial charge in [0.25, 0.3) is 5.56 Å². The first kappa shape index (κ1) is 11.1. The van der Waals surface area contributed by atoms with E-state index in [1.165, 1.54) is 0 Å². The molecule has 6 heteroatoms. The summed E-state index contributed by atoms with van der Waals surface area (Å²) in [4.78, 5) is 24.1. The fraction of sp³-hybridized carbons (Fsp3) is 0.0909.